The van der Waals surface area contributed by atoms with Gasteiger partial charge < -0.3 is 20.2 Å². The van der Waals surface area contributed by atoms with E-state index in [9.17, 15) is 9.90 Å². The van der Waals surface area contributed by atoms with Crippen molar-refractivity contribution < 1.29 is 9.90 Å². The summed E-state index contributed by atoms with van der Waals surface area (Å²) in [5.41, 5.74) is 2.38. The van der Waals surface area contributed by atoms with E-state index >= 15 is 0 Å². The molecule has 0 spiro atoms. The largest absolute Gasteiger partial charge is 0.508 e. The van der Waals surface area contributed by atoms with Crippen LogP contribution in [0.4, 0.5) is 10.5 Å². The molecule has 0 aliphatic carbocycles. The first-order valence-electron chi connectivity index (χ1n) is 9.25. The number of rotatable bonds is 5. The van der Waals surface area contributed by atoms with Crippen LogP contribution in [0.5, 0.6) is 5.75 Å². The monoisotopic (exact) mass is 353 g/mol. The molecule has 26 heavy (non-hydrogen) atoms. The molecule has 0 saturated carbocycles. The van der Waals surface area contributed by atoms with Crippen LogP contribution in [-0.2, 0) is 6.42 Å². The summed E-state index contributed by atoms with van der Waals surface area (Å²) in [6, 6.07) is 17.7. The van der Waals surface area contributed by atoms with Crippen LogP contribution >= 0.6 is 0 Å². The third kappa shape index (κ3) is 4.91. The number of hydrogen-bond donors (Lipinski definition) is 2. The first kappa shape index (κ1) is 18.1. The van der Waals surface area contributed by atoms with Crippen molar-refractivity contribution in [1.82, 2.24) is 10.2 Å². The van der Waals surface area contributed by atoms with Crippen LogP contribution in [0.3, 0.4) is 0 Å². The number of aromatic hydroxyl groups is 1. The molecule has 2 aromatic carbocycles. The Morgan fingerprint density at radius 1 is 1.04 bits per heavy atom. The lowest BCUT2D eigenvalue weighted by molar-refractivity contribution is 0.190. The molecule has 1 aliphatic heterocycles. The minimum Gasteiger partial charge on any atom is -0.508 e. The molecular formula is C21H27N3O2. The summed E-state index contributed by atoms with van der Waals surface area (Å²) in [5, 5.41) is 12.4. The van der Waals surface area contributed by atoms with Gasteiger partial charge in [0, 0.05) is 37.9 Å². The highest BCUT2D eigenvalue weighted by Crippen LogP contribution is 2.16. The highest BCUT2D eigenvalue weighted by atomic mass is 16.3. The molecule has 138 valence electrons. The fourth-order valence-electron chi connectivity index (χ4n) is 3.23. The number of anilines is 1. The van der Waals surface area contributed by atoms with E-state index in [1.807, 2.05) is 42.2 Å². The van der Waals surface area contributed by atoms with Crippen LogP contribution in [0.2, 0.25) is 0 Å². The van der Waals surface area contributed by atoms with Gasteiger partial charge in [0.15, 0.2) is 0 Å². The summed E-state index contributed by atoms with van der Waals surface area (Å²) in [6.45, 7) is 5.24. The van der Waals surface area contributed by atoms with Crippen molar-refractivity contribution in [1.29, 1.82) is 0 Å². The van der Waals surface area contributed by atoms with Crippen LogP contribution in [0.1, 0.15) is 18.9 Å². The summed E-state index contributed by atoms with van der Waals surface area (Å²) >= 11 is 0. The van der Waals surface area contributed by atoms with Gasteiger partial charge in [-0.2, -0.15) is 0 Å². The topological polar surface area (TPSA) is 55.8 Å². The standard InChI is InChI=1S/C21H27N3O2/c1-17(7-8-18-9-11-20(25)12-10-18)22-21(26)24-15-13-23(14-16-24)19-5-3-2-4-6-19/h2-6,9-12,17,25H,7-8,13-16H2,1H3,(H,22,26)/t17-/m1/s1. The molecule has 5 heteroatoms. The fourth-order valence-corrected chi connectivity index (χ4v) is 3.23. The lowest BCUT2D eigenvalue weighted by Crippen LogP contribution is -2.53. The zero-order chi connectivity index (χ0) is 18.4. The van der Waals surface area contributed by atoms with E-state index in [-0.39, 0.29) is 17.8 Å². The maximum atomic E-state index is 12.5. The van der Waals surface area contributed by atoms with Gasteiger partial charge in [-0.15, -0.1) is 0 Å². The highest BCUT2D eigenvalue weighted by molar-refractivity contribution is 5.74. The van der Waals surface area contributed by atoms with Crippen LogP contribution in [0, 0.1) is 0 Å². The molecule has 0 unspecified atom stereocenters. The number of phenolic OH excluding ortho intramolecular Hbond substituents is 1. The molecule has 1 fully saturated rings. The second-order valence-corrected chi connectivity index (χ2v) is 6.87. The predicted molar refractivity (Wildman–Crippen MR) is 105 cm³/mol. The number of hydrogen-bond acceptors (Lipinski definition) is 3. The lowest BCUT2D eigenvalue weighted by Gasteiger charge is -2.36. The van der Waals surface area contributed by atoms with E-state index in [0.29, 0.717) is 0 Å². The molecule has 2 N–H and O–H groups in total. The minimum absolute atomic E-state index is 0.0240. The van der Waals surface area contributed by atoms with Crippen LogP contribution < -0.4 is 10.2 Å². The number of nitrogens with zero attached hydrogens (tertiary/aromatic N) is 2. The lowest BCUT2D eigenvalue weighted by atomic mass is 10.1. The van der Waals surface area contributed by atoms with Gasteiger partial charge >= 0.3 is 6.03 Å². The van der Waals surface area contributed by atoms with E-state index < -0.39 is 0 Å². The molecule has 1 saturated heterocycles. The normalized spacial score (nSPS) is 15.6. The third-order valence-corrected chi connectivity index (χ3v) is 4.86. The van der Waals surface area contributed by atoms with Gasteiger partial charge in [0.1, 0.15) is 5.75 Å². The second-order valence-electron chi connectivity index (χ2n) is 6.87. The maximum Gasteiger partial charge on any atom is 0.317 e. The van der Waals surface area contributed by atoms with E-state index in [2.05, 4.69) is 22.3 Å². The molecule has 0 bridgehead atoms. The van der Waals surface area contributed by atoms with Crippen LogP contribution in [0.25, 0.3) is 0 Å². The summed E-state index contributed by atoms with van der Waals surface area (Å²) in [7, 11) is 0. The van der Waals surface area contributed by atoms with Crippen molar-refractivity contribution in [3.63, 3.8) is 0 Å². The number of carbonyl (C=O) groups excluding carboxylic acids is 1. The number of phenols is 1. The van der Waals surface area contributed by atoms with Crippen molar-refractivity contribution >= 4 is 11.7 Å². The summed E-state index contributed by atoms with van der Waals surface area (Å²) < 4.78 is 0. The molecular weight excluding hydrogens is 326 g/mol. The molecule has 3 rings (SSSR count). The van der Waals surface area contributed by atoms with Crippen molar-refractivity contribution in [3.05, 3.63) is 60.2 Å². The second kappa shape index (κ2) is 8.61. The molecule has 1 atom stereocenters. The number of para-hydroxylation sites is 1. The predicted octanol–water partition coefficient (Wildman–Crippen LogP) is 3.25. The smallest absolute Gasteiger partial charge is 0.317 e. The van der Waals surface area contributed by atoms with Crippen molar-refractivity contribution in [3.8, 4) is 5.75 Å². The van der Waals surface area contributed by atoms with Crippen LogP contribution in [0.15, 0.2) is 54.6 Å². The van der Waals surface area contributed by atoms with E-state index in [4.69, 9.17) is 0 Å². The van der Waals surface area contributed by atoms with Gasteiger partial charge in [-0.1, -0.05) is 30.3 Å². The Bertz CT molecular complexity index is 695. The minimum atomic E-state index is 0.0240. The van der Waals surface area contributed by atoms with Gasteiger partial charge in [-0.05, 0) is 49.6 Å². The van der Waals surface area contributed by atoms with E-state index in [1.54, 1.807) is 12.1 Å². The SMILES string of the molecule is C[C@H](CCc1ccc(O)cc1)NC(=O)N1CCN(c2ccccc2)CC1. The molecule has 1 heterocycles. The van der Waals surface area contributed by atoms with Crippen molar-refractivity contribution in [2.75, 3.05) is 31.1 Å². The average Bonchev–Trinajstić information content (AvgIpc) is 2.68. The molecule has 0 radical (unpaired) electrons. The Kier molecular flexibility index (Phi) is 6.00. The van der Waals surface area contributed by atoms with Gasteiger partial charge in [0.25, 0.3) is 0 Å². The molecule has 2 aromatic rings. The Morgan fingerprint density at radius 3 is 2.35 bits per heavy atom. The number of piperazine rings is 1. The Balaban J connectivity index is 1.41. The van der Waals surface area contributed by atoms with Gasteiger partial charge in [-0.3, -0.25) is 0 Å². The highest BCUT2D eigenvalue weighted by Gasteiger charge is 2.22. The quantitative estimate of drug-likeness (QED) is 0.868. The number of amides is 2. The molecule has 2 amide bonds. The van der Waals surface area contributed by atoms with E-state index in [0.717, 1.165) is 39.0 Å². The Morgan fingerprint density at radius 2 is 1.69 bits per heavy atom. The third-order valence-electron chi connectivity index (χ3n) is 4.86. The van der Waals surface area contributed by atoms with Crippen LogP contribution in [-0.4, -0.2) is 48.3 Å². The van der Waals surface area contributed by atoms with E-state index in [1.165, 1.54) is 11.3 Å². The molecule has 1 aliphatic rings. The van der Waals surface area contributed by atoms with Gasteiger partial charge in [0.2, 0.25) is 0 Å². The molecule has 5 nitrogen and oxygen atoms in total. The number of nitrogens with one attached hydrogen (secondary N) is 1. The van der Waals surface area contributed by atoms with Crippen molar-refractivity contribution in [2.45, 2.75) is 25.8 Å². The average molecular weight is 353 g/mol. The summed E-state index contributed by atoms with van der Waals surface area (Å²) in [6.07, 6.45) is 1.75. The van der Waals surface area contributed by atoms with Gasteiger partial charge in [0.05, 0.1) is 0 Å². The first-order chi connectivity index (χ1) is 12.6. The summed E-state index contributed by atoms with van der Waals surface area (Å²) in [4.78, 5) is 16.7. The Hall–Kier alpha value is -2.69. The number of carbonyl (C=O) groups is 1. The molecule has 0 aromatic heterocycles. The first-order valence-corrected chi connectivity index (χ1v) is 9.25. The summed E-state index contributed by atoms with van der Waals surface area (Å²) in [5.74, 6) is 0.282. The Labute approximate surface area is 155 Å². The zero-order valence-corrected chi connectivity index (χ0v) is 15.3. The number of aryl methyl sites for hydroxylation is 1. The zero-order valence-electron chi connectivity index (χ0n) is 15.3. The maximum absolute atomic E-state index is 12.5. The van der Waals surface area contributed by atoms with Crippen molar-refractivity contribution in [2.24, 2.45) is 0 Å². The van der Waals surface area contributed by atoms with Gasteiger partial charge in [-0.25, -0.2) is 4.79 Å². The number of urea groups is 1. The number of benzene rings is 2. The fraction of sp³-hybridized carbons (Fsp3) is 0.381.